The Kier molecular flexibility index (Phi) is 49.1. The molecule has 1 aliphatic heterocycles. The Hall–Kier alpha value is -1.02. The number of Topliss-reactive ketones (excluding diaryl/α,β-unsaturated/α-hetero) is 1. The van der Waals surface area contributed by atoms with Gasteiger partial charge in [0.1, 0.15) is 5.78 Å². The van der Waals surface area contributed by atoms with E-state index in [2.05, 4.69) is 66.2 Å². The summed E-state index contributed by atoms with van der Waals surface area (Å²) >= 11 is 0. The maximum atomic E-state index is 12.8. The average Bonchev–Trinajstić information content (AvgIpc) is 3.28. The Balaban J connectivity index is 0.00000126. The summed E-state index contributed by atoms with van der Waals surface area (Å²) in [5.41, 5.74) is 0. The minimum atomic E-state index is 0.318. The van der Waals surface area contributed by atoms with Crippen molar-refractivity contribution in [2.45, 2.75) is 266 Å². The van der Waals surface area contributed by atoms with Gasteiger partial charge >= 0.3 is 0 Å². The van der Waals surface area contributed by atoms with Gasteiger partial charge in [-0.3, -0.25) is 19.4 Å². The second-order valence-corrected chi connectivity index (χ2v) is 20.4. The molecule has 0 saturated carbocycles. The molecule has 64 heavy (non-hydrogen) atoms. The predicted octanol–water partition coefficient (Wildman–Crippen LogP) is 15.0. The first-order chi connectivity index (χ1) is 31.3. The molecule has 0 aromatic rings. The zero-order valence-electron chi connectivity index (χ0n) is 45.0. The molecule has 0 N–H and O–H groups in total. The third-order valence-electron chi connectivity index (χ3n) is 13.8. The number of amides is 1. The van der Waals surface area contributed by atoms with Gasteiger partial charge in [-0.05, 0) is 78.8 Å². The van der Waals surface area contributed by atoms with Crippen molar-refractivity contribution in [2.75, 3.05) is 92.1 Å². The Morgan fingerprint density at radius 3 is 0.875 bits per heavy atom. The molecule has 1 aliphatic rings. The summed E-state index contributed by atoms with van der Waals surface area (Å²) < 4.78 is 0. The minimum Gasteiger partial charge on any atom is -0.339 e. The molecule has 0 aliphatic carbocycles. The number of carbonyl (C=O) groups excluding carboxylic acids is 2. The summed E-state index contributed by atoms with van der Waals surface area (Å²) in [6, 6.07) is 0. The monoisotopic (exact) mass is 904 g/mol. The molecule has 7 nitrogen and oxygen atoms in total. The summed E-state index contributed by atoms with van der Waals surface area (Å²) in [6.45, 7) is 26.3. The van der Waals surface area contributed by atoms with Crippen LogP contribution in [0, 0.1) is 0 Å². The highest BCUT2D eigenvalue weighted by molar-refractivity contribution is 5.78. The fourth-order valence-corrected chi connectivity index (χ4v) is 9.28. The van der Waals surface area contributed by atoms with E-state index >= 15 is 0 Å². The van der Waals surface area contributed by atoms with Crippen LogP contribution in [0.15, 0.2) is 0 Å². The molecule has 0 atom stereocenters. The standard InChI is InChI=1S/C32H66N2O.C25H51N3O/c1-5-8-11-14-17-20-23-26-33(27-24-21-18-15-12-9-6-2)29-30-34(31-32(4)35)28-25-22-19-16-13-10-7-3;1-4-6-8-10-12-14-16-18-27(19-17-15-13-11-9-7-5-2)24-25(29)28-22-20-26(3)21-23-28/h5-31H2,1-4H3;4-24H2,1-3H3. The molecule has 1 amide bonds. The highest BCUT2D eigenvalue weighted by Crippen LogP contribution is 2.14. The molecule has 0 aromatic heterocycles. The molecule has 382 valence electrons. The molecule has 0 unspecified atom stereocenters. The molecule has 0 bridgehead atoms. The molecule has 1 rings (SSSR count). The SMILES string of the molecule is CCCCCCCCCN(CCCCCCCCC)CC(=O)N1CCN(C)CC1.CCCCCCCCCN(CCCCCCCCC)CCN(CCCCCCCCC)CC(C)=O. The lowest BCUT2D eigenvalue weighted by Crippen LogP contribution is -2.50. The lowest BCUT2D eigenvalue weighted by molar-refractivity contribution is -0.134. The smallest absolute Gasteiger partial charge is 0.236 e. The summed E-state index contributed by atoms with van der Waals surface area (Å²) in [5, 5.41) is 0. The number of rotatable bonds is 47. The van der Waals surface area contributed by atoms with Gasteiger partial charge in [0.05, 0.1) is 13.1 Å². The van der Waals surface area contributed by atoms with Crippen LogP contribution in [0.1, 0.15) is 266 Å². The van der Waals surface area contributed by atoms with Crippen molar-refractivity contribution in [3.05, 3.63) is 0 Å². The molecular weight excluding hydrogens is 787 g/mol. The zero-order chi connectivity index (χ0) is 47.0. The number of ketones is 1. The molecule has 1 saturated heterocycles. The van der Waals surface area contributed by atoms with E-state index in [4.69, 9.17) is 0 Å². The first-order valence-electron chi connectivity index (χ1n) is 28.9. The number of nitrogens with zero attached hydrogens (tertiary/aromatic N) is 5. The van der Waals surface area contributed by atoms with Crippen LogP contribution in [0.25, 0.3) is 0 Å². The van der Waals surface area contributed by atoms with Gasteiger partial charge in [-0.15, -0.1) is 0 Å². The van der Waals surface area contributed by atoms with Gasteiger partial charge in [0.25, 0.3) is 0 Å². The molecule has 1 heterocycles. The van der Waals surface area contributed by atoms with E-state index in [-0.39, 0.29) is 0 Å². The zero-order valence-corrected chi connectivity index (χ0v) is 45.0. The number of unbranched alkanes of at least 4 members (excludes halogenated alkanes) is 30. The first-order valence-corrected chi connectivity index (χ1v) is 28.9. The lowest BCUT2D eigenvalue weighted by atomic mass is 10.1. The first kappa shape index (κ1) is 63.0. The number of likely N-dealkylation sites (N-methyl/N-ethyl adjacent to an activating group) is 1. The summed E-state index contributed by atoms with van der Waals surface area (Å²) in [6.07, 6.45) is 47.5. The molecule has 1 fully saturated rings. The normalized spacial score (nSPS) is 13.4. The van der Waals surface area contributed by atoms with Crippen LogP contribution in [0.3, 0.4) is 0 Å². The molecule has 0 spiro atoms. The van der Waals surface area contributed by atoms with Crippen LogP contribution in [0.5, 0.6) is 0 Å². The van der Waals surface area contributed by atoms with Crippen LogP contribution in [-0.2, 0) is 9.59 Å². The summed E-state index contributed by atoms with van der Waals surface area (Å²) in [7, 11) is 2.15. The number of piperazine rings is 1. The van der Waals surface area contributed by atoms with E-state index in [1.54, 1.807) is 6.92 Å². The van der Waals surface area contributed by atoms with Crippen molar-refractivity contribution >= 4 is 11.7 Å². The number of carbonyl (C=O) groups is 2. The van der Waals surface area contributed by atoms with E-state index in [1.807, 2.05) is 0 Å². The van der Waals surface area contributed by atoms with Crippen LogP contribution >= 0.6 is 0 Å². The van der Waals surface area contributed by atoms with Gasteiger partial charge in [-0.2, -0.15) is 0 Å². The van der Waals surface area contributed by atoms with Crippen molar-refractivity contribution in [3.63, 3.8) is 0 Å². The topological polar surface area (TPSA) is 50.3 Å². The van der Waals surface area contributed by atoms with Crippen LogP contribution in [-0.4, -0.2) is 128 Å². The van der Waals surface area contributed by atoms with Gasteiger partial charge in [0.2, 0.25) is 5.91 Å². The van der Waals surface area contributed by atoms with E-state index in [0.717, 1.165) is 58.9 Å². The Labute approximate surface area is 402 Å². The number of hydrogen-bond donors (Lipinski definition) is 0. The van der Waals surface area contributed by atoms with Gasteiger partial charge < -0.3 is 14.7 Å². The van der Waals surface area contributed by atoms with Gasteiger partial charge in [-0.1, -0.05) is 227 Å². The second kappa shape index (κ2) is 49.9. The minimum absolute atomic E-state index is 0.318. The average molecular weight is 905 g/mol. The van der Waals surface area contributed by atoms with Crippen LogP contribution in [0.4, 0.5) is 0 Å². The van der Waals surface area contributed by atoms with E-state index in [0.29, 0.717) is 24.8 Å². The fourth-order valence-electron chi connectivity index (χ4n) is 9.28. The van der Waals surface area contributed by atoms with Crippen molar-refractivity contribution in [1.29, 1.82) is 0 Å². The van der Waals surface area contributed by atoms with Crippen LogP contribution < -0.4 is 0 Å². The number of hydrogen-bond acceptors (Lipinski definition) is 6. The van der Waals surface area contributed by atoms with E-state index in [9.17, 15) is 9.59 Å². The van der Waals surface area contributed by atoms with Crippen molar-refractivity contribution in [3.8, 4) is 0 Å². The van der Waals surface area contributed by atoms with Gasteiger partial charge in [0.15, 0.2) is 0 Å². The largest absolute Gasteiger partial charge is 0.339 e. The predicted molar refractivity (Wildman–Crippen MR) is 284 cm³/mol. The molecule has 0 aromatic carbocycles. The maximum absolute atomic E-state index is 12.8. The van der Waals surface area contributed by atoms with E-state index < -0.39 is 0 Å². The van der Waals surface area contributed by atoms with E-state index in [1.165, 1.54) is 238 Å². The highest BCUT2D eigenvalue weighted by atomic mass is 16.2. The Bertz CT molecular complexity index is 920. The van der Waals surface area contributed by atoms with Crippen molar-refractivity contribution in [1.82, 2.24) is 24.5 Å². The van der Waals surface area contributed by atoms with Crippen molar-refractivity contribution < 1.29 is 9.59 Å². The molecular formula is C57H117N5O2. The quantitative estimate of drug-likeness (QED) is 0.0567. The van der Waals surface area contributed by atoms with Crippen molar-refractivity contribution in [2.24, 2.45) is 0 Å². The molecule has 7 heteroatoms. The summed E-state index contributed by atoms with van der Waals surface area (Å²) in [5.74, 6) is 0.669. The summed E-state index contributed by atoms with van der Waals surface area (Å²) in [4.78, 5) is 36.7. The maximum Gasteiger partial charge on any atom is 0.236 e. The van der Waals surface area contributed by atoms with Gasteiger partial charge in [0, 0.05) is 39.3 Å². The lowest BCUT2D eigenvalue weighted by Gasteiger charge is -2.34. The Morgan fingerprint density at radius 1 is 0.328 bits per heavy atom. The highest BCUT2D eigenvalue weighted by Gasteiger charge is 2.21. The Morgan fingerprint density at radius 2 is 0.578 bits per heavy atom. The molecule has 0 radical (unpaired) electrons. The van der Waals surface area contributed by atoms with Crippen LogP contribution in [0.2, 0.25) is 0 Å². The third kappa shape index (κ3) is 43.5. The fraction of sp³-hybridized carbons (Fsp3) is 0.965. The second-order valence-electron chi connectivity index (χ2n) is 20.4. The van der Waals surface area contributed by atoms with Gasteiger partial charge in [-0.25, -0.2) is 0 Å². The third-order valence-corrected chi connectivity index (χ3v) is 13.8.